The molecule has 2 heterocycles. The summed E-state index contributed by atoms with van der Waals surface area (Å²) >= 11 is 5.82. The van der Waals surface area contributed by atoms with Crippen molar-refractivity contribution in [2.24, 2.45) is 9.98 Å². The van der Waals surface area contributed by atoms with Gasteiger partial charge in [-0.25, -0.2) is 9.59 Å². The van der Waals surface area contributed by atoms with Crippen LogP contribution in [-0.2, 0) is 9.59 Å². The SMILES string of the molecule is O=C=NC1=CSC(=C2SC=C(N=C=O)S2)S1. The van der Waals surface area contributed by atoms with Crippen LogP contribution in [0.15, 0.2) is 39.3 Å². The molecule has 2 aliphatic heterocycles. The van der Waals surface area contributed by atoms with Gasteiger partial charge in [0.15, 0.2) is 0 Å². The fourth-order valence-electron chi connectivity index (χ4n) is 0.862. The number of hydrogen-bond acceptors (Lipinski definition) is 8. The van der Waals surface area contributed by atoms with Crippen molar-refractivity contribution in [3.8, 4) is 0 Å². The van der Waals surface area contributed by atoms with E-state index < -0.39 is 0 Å². The maximum absolute atomic E-state index is 10.1. The van der Waals surface area contributed by atoms with Gasteiger partial charge in [-0.2, -0.15) is 9.98 Å². The van der Waals surface area contributed by atoms with Crippen molar-refractivity contribution in [1.29, 1.82) is 0 Å². The summed E-state index contributed by atoms with van der Waals surface area (Å²) in [5.74, 6) is 0. The first-order valence-electron chi connectivity index (χ1n) is 3.83. The van der Waals surface area contributed by atoms with Gasteiger partial charge in [0, 0.05) is 10.8 Å². The zero-order chi connectivity index (χ0) is 11.4. The molecule has 0 bridgehead atoms. The summed E-state index contributed by atoms with van der Waals surface area (Å²) in [6.07, 6.45) is 3.01. The first-order valence-corrected chi connectivity index (χ1v) is 7.22. The molecule has 4 nitrogen and oxygen atoms in total. The molecule has 0 saturated heterocycles. The summed E-state index contributed by atoms with van der Waals surface area (Å²) in [6.45, 7) is 0. The fourth-order valence-corrected chi connectivity index (χ4v) is 5.22. The topological polar surface area (TPSA) is 58.9 Å². The molecule has 0 aromatic carbocycles. The molecule has 0 aromatic heterocycles. The van der Waals surface area contributed by atoms with Crippen LogP contribution in [0.1, 0.15) is 0 Å². The summed E-state index contributed by atoms with van der Waals surface area (Å²) in [6, 6.07) is 0. The number of carbonyl (C=O) groups excluding carboxylic acids is 2. The van der Waals surface area contributed by atoms with E-state index in [9.17, 15) is 9.59 Å². The van der Waals surface area contributed by atoms with Crippen LogP contribution < -0.4 is 0 Å². The third-order valence-electron chi connectivity index (χ3n) is 1.41. The molecule has 8 heteroatoms. The lowest BCUT2D eigenvalue weighted by atomic mass is 11.0. The van der Waals surface area contributed by atoms with Gasteiger partial charge in [0.25, 0.3) is 0 Å². The Morgan fingerprint density at radius 2 is 1.31 bits per heavy atom. The number of nitrogens with zero attached hydrogens (tertiary/aromatic N) is 2. The molecule has 0 amide bonds. The van der Waals surface area contributed by atoms with E-state index in [1.54, 1.807) is 10.8 Å². The summed E-state index contributed by atoms with van der Waals surface area (Å²) in [7, 11) is 0. The lowest BCUT2D eigenvalue weighted by molar-refractivity contribution is 0.564. The van der Waals surface area contributed by atoms with Crippen molar-refractivity contribution in [2.45, 2.75) is 0 Å². The monoisotopic (exact) mass is 286 g/mol. The lowest BCUT2D eigenvalue weighted by Gasteiger charge is -1.98. The number of aliphatic imine (C=N–C) groups is 2. The molecular formula is C8H2N2O2S4. The van der Waals surface area contributed by atoms with Gasteiger partial charge in [-0.1, -0.05) is 47.0 Å². The first kappa shape index (κ1) is 11.9. The Hall–Kier alpha value is -0.620. The second-order valence-corrected chi connectivity index (χ2v) is 6.67. The van der Waals surface area contributed by atoms with Crippen molar-refractivity contribution in [3.63, 3.8) is 0 Å². The molecule has 0 aromatic rings. The molecule has 0 aliphatic carbocycles. The molecule has 2 aliphatic rings. The predicted octanol–water partition coefficient (Wildman–Crippen LogP) is 3.34. The van der Waals surface area contributed by atoms with E-state index >= 15 is 0 Å². The molecule has 0 spiro atoms. The minimum absolute atomic E-state index is 0.635. The summed E-state index contributed by atoms with van der Waals surface area (Å²) in [5, 5.41) is 4.85. The zero-order valence-corrected chi connectivity index (χ0v) is 10.8. The van der Waals surface area contributed by atoms with Crippen molar-refractivity contribution < 1.29 is 9.59 Å². The smallest absolute Gasteiger partial charge is 0.211 e. The van der Waals surface area contributed by atoms with Crippen LogP contribution in [0.3, 0.4) is 0 Å². The Bertz CT molecular complexity index is 464. The average molecular weight is 286 g/mol. The standard InChI is InChI=1S/C8H2N2O2S4/c11-3-9-5-1-13-7(15-5)8-14-2-6(16-8)10-4-12/h1-2H. The second kappa shape index (κ2) is 5.63. The van der Waals surface area contributed by atoms with E-state index in [0.717, 1.165) is 8.47 Å². The first-order chi connectivity index (χ1) is 7.83. The summed E-state index contributed by atoms with van der Waals surface area (Å²) < 4.78 is 2.08. The molecule has 16 heavy (non-hydrogen) atoms. The summed E-state index contributed by atoms with van der Waals surface area (Å²) in [4.78, 5) is 27.2. The van der Waals surface area contributed by atoms with Crippen LogP contribution in [0.25, 0.3) is 0 Å². The van der Waals surface area contributed by atoms with Gasteiger partial charge >= 0.3 is 0 Å². The second-order valence-electron chi connectivity index (χ2n) is 2.33. The maximum atomic E-state index is 10.1. The number of isocyanates is 2. The van der Waals surface area contributed by atoms with E-state index in [1.807, 2.05) is 0 Å². The minimum atomic E-state index is 0.635. The molecule has 0 N–H and O–H groups in total. The number of rotatable bonds is 2. The third-order valence-corrected chi connectivity index (χ3v) is 6.43. The fraction of sp³-hybridized carbons (Fsp3) is 0. The van der Waals surface area contributed by atoms with Crippen LogP contribution in [-0.4, -0.2) is 12.2 Å². The molecule has 0 unspecified atom stereocenters. The van der Waals surface area contributed by atoms with Gasteiger partial charge < -0.3 is 0 Å². The van der Waals surface area contributed by atoms with Crippen LogP contribution in [0.5, 0.6) is 0 Å². The van der Waals surface area contributed by atoms with Crippen molar-refractivity contribution >= 4 is 59.2 Å². The molecule has 0 saturated carbocycles. The molecule has 2 rings (SSSR count). The summed E-state index contributed by atoms with van der Waals surface area (Å²) in [5.41, 5.74) is 0. The molecule has 0 atom stereocenters. The Morgan fingerprint density at radius 3 is 1.69 bits per heavy atom. The Morgan fingerprint density at radius 1 is 0.875 bits per heavy atom. The number of thioether (sulfide) groups is 4. The van der Waals surface area contributed by atoms with Gasteiger partial charge in [-0.15, -0.1) is 0 Å². The van der Waals surface area contributed by atoms with Crippen LogP contribution in [0.2, 0.25) is 0 Å². The minimum Gasteiger partial charge on any atom is -0.211 e. The molecule has 0 radical (unpaired) electrons. The van der Waals surface area contributed by atoms with Crippen LogP contribution in [0.4, 0.5) is 0 Å². The highest BCUT2D eigenvalue weighted by atomic mass is 32.2. The van der Waals surface area contributed by atoms with Gasteiger partial charge in [0.1, 0.15) is 10.1 Å². The van der Waals surface area contributed by atoms with Gasteiger partial charge in [-0.05, 0) is 0 Å². The van der Waals surface area contributed by atoms with Gasteiger partial charge in [0.2, 0.25) is 12.2 Å². The van der Waals surface area contributed by atoms with Crippen LogP contribution in [0, 0.1) is 0 Å². The number of hydrogen-bond donors (Lipinski definition) is 0. The van der Waals surface area contributed by atoms with Gasteiger partial charge in [-0.3, -0.25) is 0 Å². The highest BCUT2D eigenvalue weighted by Gasteiger charge is 2.21. The van der Waals surface area contributed by atoms with E-state index in [2.05, 4.69) is 9.98 Å². The predicted molar refractivity (Wildman–Crippen MR) is 69.8 cm³/mol. The third kappa shape index (κ3) is 2.74. The molecule has 0 fully saturated rings. The van der Waals surface area contributed by atoms with E-state index in [0.29, 0.717) is 10.1 Å². The zero-order valence-electron chi connectivity index (χ0n) is 7.50. The van der Waals surface area contributed by atoms with Crippen molar-refractivity contribution in [3.05, 3.63) is 29.3 Å². The highest BCUT2D eigenvalue weighted by molar-refractivity contribution is 8.33. The van der Waals surface area contributed by atoms with E-state index in [1.165, 1.54) is 59.2 Å². The van der Waals surface area contributed by atoms with Crippen molar-refractivity contribution in [2.75, 3.05) is 0 Å². The van der Waals surface area contributed by atoms with Gasteiger partial charge in [0.05, 0.1) is 8.47 Å². The largest absolute Gasteiger partial charge is 0.241 e. The Labute approximate surface area is 108 Å². The Balaban J connectivity index is 2.07. The Kier molecular flexibility index (Phi) is 4.17. The van der Waals surface area contributed by atoms with E-state index in [4.69, 9.17) is 0 Å². The van der Waals surface area contributed by atoms with Crippen molar-refractivity contribution in [1.82, 2.24) is 0 Å². The quantitative estimate of drug-likeness (QED) is 0.573. The van der Waals surface area contributed by atoms with E-state index in [-0.39, 0.29) is 0 Å². The van der Waals surface area contributed by atoms with Crippen LogP contribution >= 0.6 is 47.0 Å². The highest BCUT2D eigenvalue weighted by Crippen LogP contribution is 2.55. The normalized spacial score (nSPS) is 23.2. The molecule has 80 valence electrons. The average Bonchev–Trinajstić information content (AvgIpc) is 2.87. The molecular weight excluding hydrogens is 284 g/mol. The lowest BCUT2D eigenvalue weighted by Crippen LogP contribution is -1.68. The maximum Gasteiger partial charge on any atom is 0.241 e.